The first-order valence-corrected chi connectivity index (χ1v) is 7.20. The lowest BCUT2D eigenvalue weighted by atomic mass is 9.95. The maximum Gasteiger partial charge on any atom is 0.332 e. The van der Waals surface area contributed by atoms with Crippen LogP contribution in [0.5, 0.6) is 0 Å². The number of rotatable bonds is 2. The monoisotopic (exact) mass is 292 g/mol. The summed E-state index contributed by atoms with van der Waals surface area (Å²) < 4.78 is 4.41. The van der Waals surface area contributed by atoms with Crippen molar-refractivity contribution in [1.82, 2.24) is 18.7 Å². The average molecular weight is 292 g/mol. The van der Waals surface area contributed by atoms with E-state index >= 15 is 0 Å². The summed E-state index contributed by atoms with van der Waals surface area (Å²) in [6, 6.07) is 0.0982. The Morgan fingerprint density at radius 1 is 1.14 bits per heavy atom. The van der Waals surface area contributed by atoms with E-state index in [1.165, 1.54) is 13.5 Å². The summed E-state index contributed by atoms with van der Waals surface area (Å²) in [6.45, 7) is 0. The number of anilines is 1. The fourth-order valence-electron chi connectivity index (χ4n) is 3.19. The molecule has 1 fully saturated rings. The summed E-state index contributed by atoms with van der Waals surface area (Å²) in [4.78, 5) is 29.2. The first-order chi connectivity index (χ1) is 10.1. The predicted molar refractivity (Wildman–Crippen MR) is 80.1 cm³/mol. The zero-order chi connectivity index (χ0) is 15.1. The number of nitrogens with zero attached hydrogens (tertiary/aromatic N) is 4. The van der Waals surface area contributed by atoms with Gasteiger partial charge in [0.25, 0.3) is 5.56 Å². The van der Waals surface area contributed by atoms with Gasteiger partial charge in [-0.3, -0.25) is 19.4 Å². The Morgan fingerprint density at radius 2 is 1.81 bits per heavy atom. The van der Waals surface area contributed by atoms with Crippen LogP contribution in [0.3, 0.4) is 0 Å². The van der Waals surface area contributed by atoms with Crippen molar-refractivity contribution in [2.75, 3.05) is 5.43 Å². The third kappa shape index (κ3) is 1.98. The Labute approximate surface area is 121 Å². The molecule has 0 unspecified atom stereocenters. The Morgan fingerprint density at radius 3 is 2.43 bits per heavy atom. The Balaban J connectivity index is 2.37. The molecular weight excluding hydrogens is 272 g/mol. The second-order valence-corrected chi connectivity index (χ2v) is 5.62. The number of nitrogen functional groups attached to an aromatic ring is 1. The molecule has 8 nitrogen and oxygen atoms in total. The van der Waals surface area contributed by atoms with E-state index in [0.717, 1.165) is 30.3 Å². The van der Waals surface area contributed by atoms with Gasteiger partial charge in [-0.05, 0) is 12.8 Å². The Kier molecular flexibility index (Phi) is 3.32. The minimum atomic E-state index is -0.349. The fraction of sp³-hybridized carbons (Fsp3) is 0.615. The SMILES string of the molecule is Cn1c(=O)c2c(nc(NN)n2C)n(C2CCCCC2)c1=O. The molecular formula is C13H20N6O2. The normalized spacial score (nSPS) is 16.5. The van der Waals surface area contributed by atoms with Crippen LogP contribution in [0, 0.1) is 0 Å². The minimum Gasteiger partial charge on any atom is -0.306 e. The van der Waals surface area contributed by atoms with Gasteiger partial charge in [-0.2, -0.15) is 4.98 Å². The fourth-order valence-corrected chi connectivity index (χ4v) is 3.19. The largest absolute Gasteiger partial charge is 0.332 e. The van der Waals surface area contributed by atoms with Gasteiger partial charge in [-0.25, -0.2) is 10.6 Å². The van der Waals surface area contributed by atoms with E-state index in [2.05, 4.69) is 10.4 Å². The van der Waals surface area contributed by atoms with Crippen LogP contribution in [-0.4, -0.2) is 18.7 Å². The average Bonchev–Trinajstić information content (AvgIpc) is 2.83. The van der Waals surface area contributed by atoms with Crippen molar-refractivity contribution in [3.05, 3.63) is 20.8 Å². The van der Waals surface area contributed by atoms with Crippen LogP contribution in [0.2, 0.25) is 0 Å². The van der Waals surface area contributed by atoms with Crippen LogP contribution in [0.1, 0.15) is 38.1 Å². The van der Waals surface area contributed by atoms with Crippen LogP contribution in [0.15, 0.2) is 9.59 Å². The zero-order valence-electron chi connectivity index (χ0n) is 12.3. The van der Waals surface area contributed by atoms with Gasteiger partial charge in [0, 0.05) is 20.1 Å². The van der Waals surface area contributed by atoms with Gasteiger partial charge in [0.2, 0.25) is 5.95 Å². The van der Waals surface area contributed by atoms with Gasteiger partial charge in [0.15, 0.2) is 11.2 Å². The maximum absolute atomic E-state index is 12.5. The van der Waals surface area contributed by atoms with Crippen LogP contribution >= 0.6 is 0 Å². The summed E-state index contributed by atoms with van der Waals surface area (Å²) in [5, 5.41) is 0. The topological polar surface area (TPSA) is 99.9 Å². The van der Waals surface area contributed by atoms with Crippen molar-refractivity contribution in [3.8, 4) is 0 Å². The van der Waals surface area contributed by atoms with Gasteiger partial charge < -0.3 is 4.57 Å². The summed E-state index contributed by atoms with van der Waals surface area (Å²) in [5.74, 6) is 5.81. The first-order valence-electron chi connectivity index (χ1n) is 7.20. The molecule has 0 aliphatic heterocycles. The highest BCUT2D eigenvalue weighted by Gasteiger charge is 2.24. The molecule has 21 heavy (non-hydrogen) atoms. The third-order valence-electron chi connectivity index (χ3n) is 4.37. The summed E-state index contributed by atoms with van der Waals surface area (Å²) in [7, 11) is 3.22. The summed E-state index contributed by atoms with van der Waals surface area (Å²) in [5.41, 5.74) is 2.64. The lowest BCUT2D eigenvalue weighted by Gasteiger charge is -2.24. The molecule has 0 aromatic carbocycles. The van der Waals surface area contributed by atoms with Gasteiger partial charge >= 0.3 is 5.69 Å². The molecule has 0 atom stereocenters. The first kappa shape index (κ1) is 13.9. The van der Waals surface area contributed by atoms with E-state index < -0.39 is 0 Å². The second-order valence-electron chi connectivity index (χ2n) is 5.62. The van der Waals surface area contributed by atoms with E-state index in [1.807, 2.05) is 0 Å². The molecule has 2 heterocycles. The molecule has 8 heteroatoms. The van der Waals surface area contributed by atoms with E-state index in [1.54, 1.807) is 16.2 Å². The molecule has 0 spiro atoms. The molecule has 2 aromatic heterocycles. The Bertz CT molecular complexity index is 794. The van der Waals surface area contributed by atoms with E-state index in [4.69, 9.17) is 5.84 Å². The highest BCUT2D eigenvalue weighted by Crippen LogP contribution is 2.29. The van der Waals surface area contributed by atoms with Crippen molar-refractivity contribution in [3.63, 3.8) is 0 Å². The van der Waals surface area contributed by atoms with Gasteiger partial charge in [0.1, 0.15) is 0 Å². The summed E-state index contributed by atoms with van der Waals surface area (Å²) in [6.07, 6.45) is 5.26. The number of hydrazine groups is 1. The van der Waals surface area contributed by atoms with Crippen LogP contribution in [0.4, 0.5) is 5.95 Å². The zero-order valence-corrected chi connectivity index (χ0v) is 12.3. The number of nitrogens with one attached hydrogen (secondary N) is 1. The van der Waals surface area contributed by atoms with Gasteiger partial charge in [-0.1, -0.05) is 19.3 Å². The van der Waals surface area contributed by atoms with Crippen molar-refractivity contribution in [2.24, 2.45) is 19.9 Å². The Hall–Kier alpha value is -2.09. The molecule has 114 valence electrons. The highest BCUT2D eigenvalue weighted by molar-refractivity contribution is 5.74. The number of aryl methyl sites for hydroxylation is 1. The van der Waals surface area contributed by atoms with E-state index in [-0.39, 0.29) is 17.3 Å². The van der Waals surface area contributed by atoms with E-state index in [0.29, 0.717) is 17.1 Å². The molecule has 1 saturated carbocycles. The predicted octanol–water partition coefficient (Wildman–Crippen LogP) is 0.224. The molecule has 3 N–H and O–H groups in total. The molecule has 1 aliphatic rings. The van der Waals surface area contributed by atoms with Crippen LogP contribution in [0.25, 0.3) is 11.2 Å². The number of fused-ring (bicyclic) bond motifs is 1. The number of imidazole rings is 1. The van der Waals surface area contributed by atoms with Crippen molar-refractivity contribution < 1.29 is 0 Å². The number of aromatic nitrogens is 4. The van der Waals surface area contributed by atoms with Crippen LogP contribution in [-0.2, 0) is 14.1 Å². The standard InChI is InChI=1S/C13H20N6O2/c1-17-9-10(15-12(17)16-14)19(8-6-4-3-5-7-8)13(21)18(2)11(9)20/h8H,3-7,14H2,1-2H3,(H,15,16). The third-order valence-corrected chi connectivity index (χ3v) is 4.37. The number of hydrogen-bond acceptors (Lipinski definition) is 5. The minimum absolute atomic E-state index is 0.0982. The molecule has 0 saturated heterocycles. The molecule has 0 bridgehead atoms. The summed E-state index contributed by atoms with van der Waals surface area (Å²) >= 11 is 0. The molecule has 1 aliphatic carbocycles. The number of nitrogens with two attached hydrogens (primary N) is 1. The van der Waals surface area contributed by atoms with Crippen LogP contribution < -0.4 is 22.5 Å². The molecule has 2 aromatic rings. The van der Waals surface area contributed by atoms with Crippen molar-refractivity contribution >= 4 is 17.1 Å². The quantitative estimate of drug-likeness (QED) is 0.609. The highest BCUT2D eigenvalue weighted by atomic mass is 16.2. The lowest BCUT2D eigenvalue weighted by Crippen LogP contribution is -2.40. The van der Waals surface area contributed by atoms with E-state index in [9.17, 15) is 9.59 Å². The molecule has 0 radical (unpaired) electrons. The second kappa shape index (κ2) is 5.03. The van der Waals surface area contributed by atoms with Gasteiger partial charge in [0.05, 0.1) is 0 Å². The van der Waals surface area contributed by atoms with Crippen molar-refractivity contribution in [2.45, 2.75) is 38.1 Å². The number of hydrogen-bond donors (Lipinski definition) is 2. The van der Waals surface area contributed by atoms with Crippen molar-refractivity contribution in [1.29, 1.82) is 0 Å². The molecule has 0 amide bonds. The molecule has 3 rings (SSSR count). The van der Waals surface area contributed by atoms with Gasteiger partial charge in [-0.15, -0.1) is 0 Å². The smallest absolute Gasteiger partial charge is 0.306 e. The lowest BCUT2D eigenvalue weighted by molar-refractivity contribution is 0.345. The maximum atomic E-state index is 12.5.